The van der Waals surface area contributed by atoms with E-state index in [1.54, 1.807) is 11.4 Å². The Labute approximate surface area is 134 Å². The van der Waals surface area contributed by atoms with Crippen LogP contribution in [0.3, 0.4) is 0 Å². The summed E-state index contributed by atoms with van der Waals surface area (Å²) < 4.78 is 33.7. The number of hydrogen-bond donors (Lipinski definition) is 0. The molecule has 0 saturated carbocycles. The third kappa shape index (κ3) is 4.97. The van der Waals surface area contributed by atoms with Gasteiger partial charge in [-0.2, -0.15) is 17.0 Å². The maximum atomic E-state index is 12.5. The molecule has 0 atom stereocenters. The second-order valence-electron chi connectivity index (χ2n) is 5.66. The normalized spacial score (nSPS) is 17.4. The van der Waals surface area contributed by atoms with Crippen molar-refractivity contribution in [1.82, 2.24) is 8.61 Å². The number of para-hydroxylation sites is 1. The smallest absolute Gasteiger partial charge is 0.281 e. The van der Waals surface area contributed by atoms with Crippen molar-refractivity contribution in [2.24, 2.45) is 0 Å². The summed E-state index contributed by atoms with van der Waals surface area (Å²) >= 11 is 0. The van der Waals surface area contributed by atoms with Crippen LogP contribution in [-0.2, 0) is 10.2 Å². The van der Waals surface area contributed by atoms with Crippen LogP contribution in [0, 0.1) is 0 Å². The number of benzene rings is 1. The number of rotatable bonds is 7. The van der Waals surface area contributed by atoms with Crippen molar-refractivity contribution in [2.75, 3.05) is 33.3 Å². The van der Waals surface area contributed by atoms with Crippen molar-refractivity contribution in [3.8, 4) is 5.75 Å². The van der Waals surface area contributed by atoms with Gasteiger partial charge in [0.1, 0.15) is 5.75 Å². The molecule has 5 nitrogen and oxygen atoms in total. The zero-order chi connectivity index (χ0) is 15.8. The first-order valence-electron chi connectivity index (χ1n) is 8.00. The second kappa shape index (κ2) is 8.50. The van der Waals surface area contributed by atoms with E-state index in [0.717, 1.165) is 31.4 Å². The van der Waals surface area contributed by atoms with Gasteiger partial charge in [-0.05, 0) is 31.4 Å². The summed E-state index contributed by atoms with van der Waals surface area (Å²) in [6.07, 6.45) is 4.86. The van der Waals surface area contributed by atoms with Crippen LogP contribution in [0.4, 0.5) is 0 Å². The lowest BCUT2D eigenvalue weighted by Gasteiger charge is -2.26. The number of ether oxygens (including phenoxy) is 1. The SMILES string of the molecule is CN(CCCOc1ccccc1)S(=O)(=O)N1CCCCCC1. The molecule has 0 unspecified atom stereocenters. The fraction of sp³-hybridized carbons (Fsp3) is 0.625. The summed E-state index contributed by atoms with van der Waals surface area (Å²) in [6, 6.07) is 9.58. The fourth-order valence-corrected chi connectivity index (χ4v) is 4.05. The highest BCUT2D eigenvalue weighted by molar-refractivity contribution is 7.86. The maximum absolute atomic E-state index is 12.5. The highest BCUT2D eigenvalue weighted by Gasteiger charge is 2.26. The van der Waals surface area contributed by atoms with Crippen LogP contribution >= 0.6 is 0 Å². The minimum atomic E-state index is -3.32. The van der Waals surface area contributed by atoms with E-state index in [2.05, 4.69) is 0 Å². The second-order valence-corrected chi connectivity index (χ2v) is 7.69. The molecular weight excluding hydrogens is 300 g/mol. The number of nitrogens with zero attached hydrogens (tertiary/aromatic N) is 2. The molecule has 1 saturated heterocycles. The van der Waals surface area contributed by atoms with Gasteiger partial charge in [-0.1, -0.05) is 31.0 Å². The highest BCUT2D eigenvalue weighted by atomic mass is 32.2. The lowest BCUT2D eigenvalue weighted by molar-refractivity contribution is 0.290. The first kappa shape index (κ1) is 17.2. The van der Waals surface area contributed by atoms with E-state index in [1.807, 2.05) is 30.3 Å². The van der Waals surface area contributed by atoms with Crippen LogP contribution in [0.1, 0.15) is 32.1 Å². The van der Waals surface area contributed by atoms with Crippen LogP contribution in [0.25, 0.3) is 0 Å². The van der Waals surface area contributed by atoms with Gasteiger partial charge in [0.05, 0.1) is 6.61 Å². The molecule has 1 aliphatic heterocycles. The third-order valence-electron chi connectivity index (χ3n) is 3.91. The molecule has 0 N–H and O–H groups in total. The fourth-order valence-electron chi connectivity index (χ4n) is 2.58. The topological polar surface area (TPSA) is 49.9 Å². The monoisotopic (exact) mass is 326 g/mol. The van der Waals surface area contributed by atoms with E-state index in [4.69, 9.17) is 4.74 Å². The quantitative estimate of drug-likeness (QED) is 0.724. The zero-order valence-electron chi connectivity index (χ0n) is 13.3. The van der Waals surface area contributed by atoms with Crippen LogP contribution in [0.2, 0.25) is 0 Å². The van der Waals surface area contributed by atoms with E-state index in [0.29, 0.717) is 32.7 Å². The van der Waals surface area contributed by atoms with Crippen molar-refractivity contribution >= 4 is 10.2 Å². The molecule has 0 aliphatic carbocycles. The molecule has 1 heterocycles. The van der Waals surface area contributed by atoms with Gasteiger partial charge in [0.15, 0.2) is 0 Å². The minimum Gasteiger partial charge on any atom is -0.494 e. The van der Waals surface area contributed by atoms with Crippen LogP contribution < -0.4 is 4.74 Å². The van der Waals surface area contributed by atoms with Crippen molar-refractivity contribution in [1.29, 1.82) is 0 Å². The Bertz CT molecular complexity index is 526. The highest BCUT2D eigenvalue weighted by Crippen LogP contribution is 2.16. The molecule has 1 aliphatic rings. The molecule has 1 fully saturated rings. The van der Waals surface area contributed by atoms with E-state index >= 15 is 0 Å². The first-order valence-corrected chi connectivity index (χ1v) is 9.39. The van der Waals surface area contributed by atoms with Crippen molar-refractivity contribution < 1.29 is 13.2 Å². The molecule has 1 aromatic carbocycles. The summed E-state index contributed by atoms with van der Waals surface area (Å²) in [6.45, 7) is 2.29. The molecule has 0 bridgehead atoms. The Morgan fingerprint density at radius 1 is 1.09 bits per heavy atom. The van der Waals surface area contributed by atoms with Gasteiger partial charge in [0.25, 0.3) is 10.2 Å². The van der Waals surface area contributed by atoms with Gasteiger partial charge in [-0.15, -0.1) is 0 Å². The van der Waals surface area contributed by atoms with Gasteiger partial charge in [0, 0.05) is 26.7 Å². The van der Waals surface area contributed by atoms with E-state index in [-0.39, 0.29) is 0 Å². The van der Waals surface area contributed by atoms with Crippen molar-refractivity contribution in [3.63, 3.8) is 0 Å². The zero-order valence-corrected chi connectivity index (χ0v) is 14.1. The average Bonchev–Trinajstić information content (AvgIpc) is 2.82. The van der Waals surface area contributed by atoms with Gasteiger partial charge in [0.2, 0.25) is 0 Å². The predicted molar refractivity (Wildman–Crippen MR) is 88.1 cm³/mol. The summed E-state index contributed by atoms with van der Waals surface area (Å²) in [5.74, 6) is 0.820. The largest absolute Gasteiger partial charge is 0.494 e. The Hall–Kier alpha value is -1.11. The average molecular weight is 326 g/mol. The van der Waals surface area contributed by atoms with Gasteiger partial charge >= 0.3 is 0 Å². The Balaban J connectivity index is 1.76. The van der Waals surface area contributed by atoms with Crippen LogP contribution in [0.15, 0.2) is 30.3 Å². The Morgan fingerprint density at radius 2 is 1.73 bits per heavy atom. The molecule has 0 aromatic heterocycles. The summed E-state index contributed by atoms with van der Waals surface area (Å²) in [5.41, 5.74) is 0. The summed E-state index contributed by atoms with van der Waals surface area (Å²) in [7, 11) is -1.66. The molecule has 6 heteroatoms. The van der Waals surface area contributed by atoms with Gasteiger partial charge < -0.3 is 4.74 Å². The minimum absolute atomic E-state index is 0.478. The van der Waals surface area contributed by atoms with Crippen LogP contribution in [-0.4, -0.2) is 50.3 Å². The number of hydrogen-bond acceptors (Lipinski definition) is 3. The summed E-state index contributed by atoms with van der Waals surface area (Å²) in [4.78, 5) is 0. The molecule has 2 rings (SSSR count). The third-order valence-corrected chi connectivity index (χ3v) is 5.90. The molecule has 0 amide bonds. The Kier molecular flexibility index (Phi) is 6.67. The summed E-state index contributed by atoms with van der Waals surface area (Å²) in [5, 5.41) is 0. The standard InChI is InChI=1S/C16H26N2O3S/c1-17(12-9-15-21-16-10-5-4-6-11-16)22(19,20)18-13-7-2-3-8-14-18/h4-6,10-11H,2-3,7-9,12-15H2,1H3. The van der Waals surface area contributed by atoms with Crippen LogP contribution in [0.5, 0.6) is 5.75 Å². The van der Waals surface area contributed by atoms with Gasteiger partial charge in [-0.3, -0.25) is 0 Å². The molecule has 0 spiro atoms. The first-order chi connectivity index (χ1) is 10.6. The van der Waals surface area contributed by atoms with E-state index in [1.165, 1.54) is 4.31 Å². The van der Waals surface area contributed by atoms with Crippen molar-refractivity contribution in [3.05, 3.63) is 30.3 Å². The molecule has 1 aromatic rings. The molecule has 124 valence electrons. The lowest BCUT2D eigenvalue weighted by Crippen LogP contribution is -2.42. The molecule has 22 heavy (non-hydrogen) atoms. The maximum Gasteiger partial charge on any atom is 0.281 e. The molecular formula is C16H26N2O3S. The predicted octanol–water partition coefficient (Wildman–Crippen LogP) is 2.51. The Morgan fingerprint density at radius 3 is 2.36 bits per heavy atom. The lowest BCUT2D eigenvalue weighted by atomic mass is 10.2. The molecule has 0 radical (unpaired) electrons. The van der Waals surface area contributed by atoms with Gasteiger partial charge in [-0.25, -0.2) is 0 Å². The van der Waals surface area contributed by atoms with Crippen molar-refractivity contribution in [2.45, 2.75) is 32.1 Å². The van der Waals surface area contributed by atoms with E-state index in [9.17, 15) is 8.42 Å². The van der Waals surface area contributed by atoms with E-state index < -0.39 is 10.2 Å².